The molecule has 0 saturated heterocycles. The first-order chi connectivity index (χ1) is 25.8. The second-order valence-electron chi connectivity index (χ2n) is 12.9. The first-order valence-electron chi connectivity index (χ1n) is 17.5. The number of ketones is 1. The number of Topliss-reactive ketones (excluding diaryl/α,β-unsaturated/α-hetero) is 1. The van der Waals surface area contributed by atoms with E-state index in [9.17, 15) is 13.2 Å². The standard InChI is InChI=1S/C44H40N2O5S2/c1-53(48,49)46(30-34-15-7-3-8-16-34)40-27-36(21-24-42(40)51-32-35-17-9-4-10-18-35)41(47)31-45(29-33-13-5-2-6-14-33)25-26-50-37-22-23-39-38-19-11-12-20-43(38)52-44(39)28-37/h2-24,27-28H,25-26,29-32H2,1H3. The minimum absolute atomic E-state index is 0.0871. The molecule has 268 valence electrons. The van der Waals surface area contributed by atoms with Gasteiger partial charge in [0.1, 0.15) is 24.7 Å². The molecule has 0 aliphatic rings. The van der Waals surface area contributed by atoms with Crippen molar-refractivity contribution in [1.82, 2.24) is 4.90 Å². The van der Waals surface area contributed by atoms with Gasteiger partial charge in [0.25, 0.3) is 0 Å². The van der Waals surface area contributed by atoms with E-state index < -0.39 is 10.0 Å². The van der Waals surface area contributed by atoms with E-state index in [-0.39, 0.29) is 25.5 Å². The summed E-state index contributed by atoms with van der Waals surface area (Å²) in [6, 6.07) is 48.7. The monoisotopic (exact) mass is 740 g/mol. The second-order valence-corrected chi connectivity index (χ2v) is 15.9. The number of benzene rings is 6. The summed E-state index contributed by atoms with van der Waals surface area (Å²) in [6.45, 7) is 1.86. The molecule has 0 amide bonds. The van der Waals surface area contributed by atoms with Gasteiger partial charge in [-0.3, -0.25) is 14.0 Å². The molecule has 6 aromatic carbocycles. The molecular weight excluding hydrogens is 701 g/mol. The third-order valence-corrected chi connectivity index (χ3v) is 11.3. The van der Waals surface area contributed by atoms with Crippen LogP contribution in [0.3, 0.4) is 0 Å². The van der Waals surface area contributed by atoms with Crippen molar-refractivity contribution in [3.05, 3.63) is 174 Å². The van der Waals surface area contributed by atoms with Crippen LogP contribution in [0, 0.1) is 0 Å². The number of nitrogens with zero attached hydrogens (tertiary/aromatic N) is 2. The topological polar surface area (TPSA) is 76.2 Å². The number of sulfonamides is 1. The van der Waals surface area contributed by atoms with Gasteiger partial charge in [0.15, 0.2) is 5.78 Å². The van der Waals surface area contributed by atoms with Gasteiger partial charge in [-0.25, -0.2) is 8.42 Å². The summed E-state index contributed by atoms with van der Waals surface area (Å²) in [5, 5.41) is 2.45. The van der Waals surface area contributed by atoms with Crippen molar-refractivity contribution >= 4 is 53.0 Å². The Morgan fingerprint density at radius 1 is 0.642 bits per heavy atom. The van der Waals surface area contributed by atoms with Crippen LogP contribution in [-0.4, -0.2) is 45.1 Å². The van der Waals surface area contributed by atoms with Crippen LogP contribution in [0.4, 0.5) is 5.69 Å². The van der Waals surface area contributed by atoms with Crippen LogP contribution in [0.25, 0.3) is 20.2 Å². The van der Waals surface area contributed by atoms with Gasteiger partial charge in [-0.1, -0.05) is 109 Å². The van der Waals surface area contributed by atoms with Crippen LogP contribution < -0.4 is 13.8 Å². The molecule has 0 atom stereocenters. The number of thiophene rings is 1. The molecule has 9 heteroatoms. The third-order valence-electron chi connectivity index (χ3n) is 9.00. The molecule has 0 aliphatic heterocycles. The Bertz CT molecular complexity index is 2420. The number of rotatable bonds is 16. The number of ether oxygens (including phenoxy) is 2. The molecule has 0 spiro atoms. The zero-order chi connectivity index (χ0) is 36.6. The third kappa shape index (κ3) is 9.13. The fraction of sp³-hybridized carbons (Fsp3) is 0.159. The maximum Gasteiger partial charge on any atom is 0.232 e. The van der Waals surface area contributed by atoms with Crippen LogP contribution in [0.15, 0.2) is 152 Å². The summed E-state index contributed by atoms with van der Waals surface area (Å²) in [5.74, 6) is 1.01. The van der Waals surface area contributed by atoms with Crippen molar-refractivity contribution < 1.29 is 22.7 Å². The lowest BCUT2D eigenvalue weighted by atomic mass is 10.1. The lowest BCUT2D eigenvalue weighted by molar-refractivity contribution is 0.0912. The highest BCUT2D eigenvalue weighted by Crippen LogP contribution is 2.36. The lowest BCUT2D eigenvalue weighted by Gasteiger charge is -2.26. The van der Waals surface area contributed by atoms with Gasteiger partial charge in [0, 0.05) is 38.8 Å². The molecule has 0 bridgehead atoms. The molecule has 0 aliphatic carbocycles. The van der Waals surface area contributed by atoms with E-state index in [1.165, 1.54) is 30.7 Å². The van der Waals surface area contributed by atoms with Crippen LogP contribution in [0.2, 0.25) is 0 Å². The largest absolute Gasteiger partial charge is 0.492 e. The fourth-order valence-electron chi connectivity index (χ4n) is 6.31. The predicted octanol–water partition coefficient (Wildman–Crippen LogP) is 9.36. The van der Waals surface area contributed by atoms with Crippen molar-refractivity contribution in [3.63, 3.8) is 0 Å². The smallest absolute Gasteiger partial charge is 0.232 e. The molecule has 1 heterocycles. The van der Waals surface area contributed by atoms with E-state index in [2.05, 4.69) is 41.3 Å². The van der Waals surface area contributed by atoms with Gasteiger partial charge in [0.05, 0.1) is 25.0 Å². The van der Waals surface area contributed by atoms with Gasteiger partial charge < -0.3 is 9.47 Å². The molecule has 7 nitrogen and oxygen atoms in total. The predicted molar refractivity (Wildman–Crippen MR) is 216 cm³/mol. The van der Waals surface area contributed by atoms with Crippen LogP contribution >= 0.6 is 11.3 Å². The maximum absolute atomic E-state index is 14.1. The Morgan fingerprint density at radius 2 is 1.26 bits per heavy atom. The van der Waals surface area contributed by atoms with Crippen molar-refractivity contribution in [2.45, 2.75) is 19.7 Å². The molecule has 7 rings (SSSR count). The lowest BCUT2D eigenvalue weighted by Crippen LogP contribution is -2.33. The van der Waals surface area contributed by atoms with E-state index in [4.69, 9.17) is 9.47 Å². The highest BCUT2D eigenvalue weighted by molar-refractivity contribution is 7.92. The minimum atomic E-state index is -3.77. The highest BCUT2D eigenvalue weighted by atomic mass is 32.2. The number of anilines is 1. The fourth-order valence-corrected chi connectivity index (χ4v) is 8.33. The first-order valence-corrected chi connectivity index (χ1v) is 20.1. The van der Waals surface area contributed by atoms with Crippen molar-refractivity contribution in [2.75, 3.05) is 30.3 Å². The Balaban J connectivity index is 1.13. The van der Waals surface area contributed by atoms with Crippen LogP contribution in [0.1, 0.15) is 27.0 Å². The van der Waals surface area contributed by atoms with Gasteiger partial charge in [0.2, 0.25) is 10.0 Å². The van der Waals surface area contributed by atoms with E-state index >= 15 is 0 Å². The summed E-state index contributed by atoms with van der Waals surface area (Å²) in [6.07, 6.45) is 1.17. The number of hydrogen-bond donors (Lipinski definition) is 0. The second kappa shape index (κ2) is 16.5. The number of carbonyl (C=O) groups excluding carboxylic acids is 1. The van der Waals surface area contributed by atoms with Gasteiger partial charge in [-0.2, -0.15) is 0 Å². The number of fused-ring (bicyclic) bond motifs is 3. The Labute approximate surface area is 314 Å². The van der Waals surface area contributed by atoms with Gasteiger partial charge >= 0.3 is 0 Å². The summed E-state index contributed by atoms with van der Waals surface area (Å²) >= 11 is 1.75. The molecule has 53 heavy (non-hydrogen) atoms. The van der Waals surface area contributed by atoms with E-state index in [0.717, 1.165) is 22.4 Å². The van der Waals surface area contributed by atoms with E-state index in [1.807, 2.05) is 97.1 Å². The van der Waals surface area contributed by atoms with Crippen LogP contribution in [-0.2, 0) is 29.7 Å². The van der Waals surface area contributed by atoms with Gasteiger partial charge in [-0.05, 0) is 59.2 Å². The summed E-state index contributed by atoms with van der Waals surface area (Å²) in [5.41, 5.74) is 3.53. The first kappa shape index (κ1) is 35.9. The Hall–Kier alpha value is -5.48. The molecule has 0 saturated carbocycles. The molecule has 1 aromatic heterocycles. The quantitative estimate of drug-likeness (QED) is 0.0920. The minimum Gasteiger partial charge on any atom is -0.492 e. The highest BCUT2D eigenvalue weighted by Gasteiger charge is 2.24. The van der Waals surface area contributed by atoms with Crippen molar-refractivity contribution in [1.29, 1.82) is 0 Å². The van der Waals surface area contributed by atoms with E-state index in [0.29, 0.717) is 36.7 Å². The van der Waals surface area contributed by atoms with Crippen molar-refractivity contribution in [2.24, 2.45) is 0 Å². The summed E-state index contributed by atoms with van der Waals surface area (Å²) < 4.78 is 42.9. The zero-order valence-corrected chi connectivity index (χ0v) is 31.1. The molecule has 0 fully saturated rings. The molecular formula is C44H40N2O5S2. The van der Waals surface area contributed by atoms with Gasteiger partial charge in [-0.15, -0.1) is 11.3 Å². The maximum atomic E-state index is 14.1. The SMILES string of the molecule is CS(=O)(=O)N(Cc1ccccc1)c1cc(C(=O)CN(CCOc2ccc3c(c2)sc2ccccc23)Cc2ccccc2)ccc1OCc1ccccc1. The number of carbonyl (C=O) groups is 1. The average Bonchev–Trinajstić information content (AvgIpc) is 3.55. The average molecular weight is 741 g/mol. The van der Waals surface area contributed by atoms with Crippen molar-refractivity contribution in [3.8, 4) is 11.5 Å². The Kier molecular flexibility index (Phi) is 11.2. The number of hydrogen-bond acceptors (Lipinski definition) is 7. The zero-order valence-electron chi connectivity index (χ0n) is 29.4. The molecule has 0 N–H and O–H groups in total. The summed E-state index contributed by atoms with van der Waals surface area (Å²) in [7, 11) is -3.77. The molecule has 0 unspecified atom stereocenters. The van der Waals surface area contributed by atoms with E-state index in [1.54, 1.807) is 29.5 Å². The molecule has 7 aromatic rings. The van der Waals surface area contributed by atoms with Crippen LogP contribution in [0.5, 0.6) is 11.5 Å². The molecule has 0 radical (unpaired) electrons. The Morgan fingerprint density at radius 3 is 1.96 bits per heavy atom. The summed E-state index contributed by atoms with van der Waals surface area (Å²) in [4.78, 5) is 16.2. The normalized spacial score (nSPS) is 11.6.